The molecule has 1 aliphatic carbocycles. The van der Waals surface area contributed by atoms with Gasteiger partial charge in [-0.1, -0.05) is 5.16 Å². The highest BCUT2D eigenvalue weighted by Gasteiger charge is 2.37. The fourth-order valence-corrected chi connectivity index (χ4v) is 3.92. The van der Waals surface area contributed by atoms with Gasteiger partial charge in [0.05, 0.1) is 22.6 Å². The Kier molecular flexibility index (Phi) is 4.66. The largest absolute Gasteiger partial charge is 0.419 e. The van der Waals surface area contributed by atoms with Crippen LogP contribution >= 0.6 is 0 Å². The van der Waals surface area contributed by atoms with Crippen molar-refractivity contribution in [2.45, 2.75) is 44.9 Å². The number of aromatic nitrogens is 5. The van der Waals surface area contributed by atoms with E-state index in [1.165, 1.54) is 6.20 Å². The van der Waals surface area contributed by atoms with Crippen molar-refractivity contribution < 1.29 is 17.7 Å². The van der Waals surface area contributed by atoms with E-state index in [1.54, 1.807) is 26.0 Å². The molecule has 11 heteroatoms. The predicted octanol–water partition coefficient (Wildman–Crippen LogP) is 4.21. The summed E-state index contributed by atoms with van der Waals surface area (Å²) in [7, 11) is 0. The molecule has 1 aliphatic rings. The highest BCUT2D eigenvalue weighted by Crippen LogP contribution is 2.39. The van der Waals surface area contributed by atoms with Gasteiger partial charge < -0.3 is 20.6 Å². The smallest absolute Gasteiger partial charge is 0.361 e. The van der Waals surface area contributed by atoms with Crippen LogP contribution in [0.1, 0.15) is 29.9 Å². The summed E-state index contributed by atoms with van der Waals surface area (Å²) in [4.78, 5) is 15.6. The van der Waals surface area contributed by atoms with E-state index in [0.717, 1.165) is 24.6 Å². The quantitative estimate of drug-likeness (QED) is 0.432. The SMILES string of the molecule is Cc1noc(C)c1-c1ccc2c(-c3nc(N[C@H]4CC[C@@H]4N)ncc3C(F)(F)F)c[nH]c2n1. The minimum Gasteiger partial charge on any atom is -0.361 e. The molecule has 4 aromatic rings. The minimum absolute atomic E-state index is 0.0539. The summed E-state index contributed by atoms with van der Waals surface area (Å²) in [6.07, 6.45) is -0.659. The molecule has 0 aliphatic heterocycles. The second kappa shape index (κ2) is 7.30. The van der Waals surface area contributed by atoms with Crippen molar-refractivity contribution in [1.82, 2.24) is 25.1 Å². The lowest BCUT2D eigenvalue weighted by molar-refractivity contribution is -0.137. The van der Waals surface area contributed by atoms with Crippen molar-refractivity contribution >= 4 is 17.0 Å². The number of hydrogen-bond acceptors (Lipinski definition) is 7. The monoisotopic (exact) mass is 443 g/mol. The molecule has 8 nitrogen and oxygen atoms in total. The molecule has 4 aromatic heterocycles. The third-order valence-corrected chi connectivity index (χ3v) is 5.82. The molecule has 0 spiro atoms. The molecule has 1 fully saturated rings. The number of nitrogens with zero attached hydrogens (tertiary/aromatic N) is 4. The average Bonchev–Trinajstić information content (AvgIpc) is 3.32. The maximum absolute atomic E-state index is 13.7. The van der Waals surface area contributed by atoms with Gasteiger partial charge in [0.1, 0.15) is 17.0 Å². The maximum Gasteiger partial charge on any atom is 0.419 e. The molecule has 4 heterocycles. The van der Waals surface area contributed by atoms with E-state index in [2.05, 4.69) is 30.4 Å². The molecule has 4 N–H and O–H groups in total. The van der Waals surface area contributed by atoms with Gasteiger partial charge in [0.15, 0.2) is 0 Å². The molecule has 166 valence electrons. The predicted molar refractivity (Wildman–Crippen MR) is 112 cm³/mol. The first-order chi connectivity index (χ1) is 15.2. The van der Waals surface area contributed by atoms with Crippen LogP contribution < -0.4 is 11.1 Å². The normalized spacial score (nSPS) is 18.7. The molecular formula is C21H20F3N7O. The number of aryl methyl sites for hydroxylation is 2. The van der Waals surface area contributed by atoms with Crippen LogP contribution in [0.2, 0.25) is 0 Å². The number of anilines is 1. The third-order valence-electron chi connectivity index (χ3n) is 5.82. The Bertz CT molecular complexity index is 1290. The van der Waals surface area contributed by atoms with Crippen LogP contribution in [0, 0.1) is 13.8 Å². The highest BCUT2D eigenvalue weighted by atomic mass is 19.4. The summed E-state index contributed by atoms with van der Waals surface area (Å²) in [5.41, 5.74) is 7.55. The number of halogens is 3. The Balaban J connectivity index is 1.60. The zero-order valence-electron chi connectivity index (χ0n) is 17.3. The van der Waals surface area contributed by atoms with Crippen molar-refractivity contribution in [3.8, 4) is 22.5 Å². The first kappa shape index (κ1) is 20.4. The number of hydrogen-bond donors (Lipinski definition) is 3. The number of H-pyrrole nitrogens is 1. The van der Waals surface area contributed by atoms with Crippen molar-refractivity contribution in [1.29, 1.82) is 0 Å². The standard InChI is InChI=1S/C21H20F3N7O/c1-9-17(10(2)32-31-9)16-5-3-11-12(7-26-19(11)28-16)18-13(21(22,23)24)8-27-20(30-18)29-15-6-4-14(15)25/h3,5,7-8,14-15H,4,6,25H2,1-2H3,(H,26,28)(H,27,29,30)/t14-,15-/m0/s1. The van der Waals surface area contributed by atoms with Crippen molar-refractivity contribution in [2.24, 2.45) is 5.73 Å². The Morgan fingerprint density at radius 3 is 2.62 bits per heavy atom. The number of fused-ring (bicyclic) bond motifs is 1. The highest BCUT2D eigenvalue weighted by molar-refractivity contribution is 5.94. The number of pyridine rings is 1. The summed E-state index contributed by atoms with van der Waals surface area (Å²) < 4.78 is 46.4. The Morgan fingerprint density at radius 1 is 1.19 bits per heavy atom. The molecule has 2 atom stereocenters. The van der Waals surface area contributed by atoms with E-state index in [-0.39, 0.29) is 29.3 Å². The maximum atomic E-state index is 13.7. The summed E-state index contributed by atoms with van der Waals surface area (Å²) in [5, 5.41) is 7.48. The van der Waals surface area contributed by atoms with E-state index in [9.17, 15) is 13.2 Å². The van der Waals surface area contributed by atoms with Crippen LogP contribution in [0.3, 0.4) is 0 Å². The summed E-state index contributed by atoms with van der Waals surface area (Å²) in [6.45, 7) is 3.58. The van der Waals surface area contributed by atoms with Crippen LogP contribution in [0.4, 0.5) is 19.1 Å². The molecular weight excluding hydrogens is 423 g/mol. The molecule has 0 saturated heterocycles. The Labute approximate surface area is 180 Å². The first-order valence-electron chi connectivity index (χ1n) is 10.1. The lowest BCUT2D eigenvalue weighted by Gasteiger charge is -2.34. The van der Waals surface area contributed by atoms with Gasteiger partial charge in [0.25, 0.3) is 0 Å². The molecule has 0 radical (unpaired) electrons. The van der Waals surface area contributed by atoms with Gasteiger partial charge in [-0.2, -0.15) is 13.2 Å². The lowest BCUT2D eigenvalue weighted by atomic mass is 9.87. The molecule has 0 amide bonds. The Hall–Kier alpha value is -3.47. The zero-order chi connectivity index (χ0) is 22.6. The number of aromatic amines is 1. The summed E-state index contributed by atoms with van der Waals surface area (Å²) in [6, 6.07) is 3.32. The van der Waals surface area contributed by atoms with Crippen molar-refractivity contribution in [3.05, 3.63) is 41.5 Å². The van der Waals surface area contributed by atoms with E-state index >= 15 is 0 Å². The van der Waals surface area contributed by atoms with Crippen LogP contribution in [-0.2, 0) is 6.18 Å². The second-order valence-corrected chi connectivity index (χ2v) is 7.94. The summed E-state index contributed by atoms with van der Waals surface area (Å²) >= 11 is 0. The Morgan fingerprint density at radius 2 is 2.00 bits per heavy atom. The van der Waals surface area contributed by atoms with Gasteiger partial charge in [0.2, 0.25) is 5.95 Å². The van der Waals surface area contributed by atoms with Gasteiger partial charge in [-0.25, -0.2) is 15.0 Å². The molecule has 5 rings (SSSR count). The summed E-state index contributed by atoms with van der Waals surface area (Å²) in [5.74, 6) is 0.726. The van der Waals surface area contributed by atoms with Gasteiger partial charge in [-0.15, -0.1) is 0 Å². The lowest BCUT2D eigenvalue weighted by Crippen LogP contribution is -2.49. The number of nitrogens with two attached hydrogens (primary N) is 1. The van der Waals surface area contributed by atoms with Crippen molar-refractivity contribution in [2.75, 3.05) is 5.32 Å². The molecule has 32 heavy (non-hydrogen) atoms. The molecule has 0 unspecified atom stereocenters. The molecule has 1 saturated carbocycles. The number of nitrogens with one attached hydrogen (secondary N) is 2. The fraction of sp³-hybridized carbons (Fsp3) is 0.333. The zero-order valence-corrected chi connectivity index (χ0v) is 17.3. The van der Waals surface area contributed by atoms with Crippen molar-refractivity contribution in [3.63, 3.8) is 0 Å². The van der Waals surface area contributed by atoms with Crippen LogP contribution in [-0.4, -0.2) is 37.2 Å². The van der Waals surface area contributed by atoms with E-state index in [4.69, 9.17) is 10.3 Å². The fourth-order valence-electron chi connectivity index (χ4n) is 3.92. The van der Waals surface area contributed by atoms with Gasteiger partial charge >= 0.3 is 6.18 Å². The topological polar surface area (TPSA) is 119 Å². The van der Waals surface area contributed by atoms with E-state index in [1.807, 2.05) is 0 Å². The van der Waals surface area contributed by atoms with Crippen LogP contribution in [0.15, 0.2) is 29.0 Å². The molecule has 0 aromatic carbocycles. The first-order valence-corrected chi connectivity index (χ1v) is 10.1. The van der Waals surface area contributed by atoms with Crippen LogP contribution in [0.5, 0.6) is 0 Å². The van der Waals surface area contributed by atoms with Gasteiger partial charge in [-0.3, -0.25) is 0 Å². The van der Waals surface area contributed by atoms with Crippen LogP contribution in [0.25, 0.3) is 33.5 Å². The van der Waals surface area contributed by atoms with E-state index < -0.39 is 11.7 Å². The number of rotatable bonds is 4. The van der Waals surface area contributed by atoms with E-state index in [0.29, 0.717) is 28.2 Å². The van der Waals surface area contributed by atoms with Gasteiger partial charge in [0, 0.05) is 35.4 Å². The number of alkyl halides is 3. The van der Waals surface area contributed by atoms with Gasteiger partial charge in [-0.05, 0) is 38.8 Å². The average molecular weight is 443 g/mol. The minimum atomic E-state index is -4.62. The third kappa shape index (κ3) is 3.38. The molecule has 0 bridgehead atoms. The second-order valence-electron chi connectivity index (χ2n) is 7.94.